The molecule has 1 heterocycles. The van der Waals surface area contributed by atoms with Crippen LogP contribution in [0.5, 0.6) is 5.75 Å². The van der Waals surface area contributed by atoms with Gasteiger partial charge in [-0.15, -0.1) is 0 Å². The third kappa shape index (κ3) is 7.69. The Kier molecular flexibility index (Phi) is 9.71. The van der Waals surface area contributed by atoms with Crippen molar-refractivity contribution in [3.8, 4) is 5.75 Å². The van der Waals surface area contributed by atoms with Crippen LogP contribution in [0.4, 0.5) is 0 Å². The van der Waals surface area contributed by atoms with E-state index in [1.54, 1.807) is 42.5 Å². The van der Waals surface area contributed by atoms with Gasteiger partial charge in [0.1, 0.15) is 24.6 Å². The molecule has 0 aliphatic carbocycles. The number of hydrogen-bond acceptors (Lipinski definition) is 10. The maximum Gasteiger partial charge on any atom is 0.303 e. The molecule has 1 N–H and O–H groups in total. The van der Waals surface area contributed by atoms with Gasteiger partial charge in [0.05, 0.1) is 0 Å². The van der Waals surface area contributed by atoms with Gasteiger partial charge >= 0.3 is 23.9 Å². The second-order valence-corrected chi connectivity index (χ2v) is 9.22. The van der Waals surface area contributed by atoms with Crippen molar-refractivity contribution in [1.29, 1.82) is 0 Å². The largest absolute Gasteiger partial charge is 0.508 e. The summed E-state index contributed by atoms with van der Waals surface area (Å²) in [5, 5.41) is 10.0. The molecule has 0 spiro atoms. The first-order valence-corrected chi connectivity index (χ1v) is 12.2. The Labute approximate surface area is 224 Å². The van der Waals surface area contributed by atoms with E-state index in [-0.39, 0.29) is 12.4 Å². The molecule has 0 saturated carbocycles. The lowest BCUT2D eigenvalue weighted by molar-refractivity contribution is -0.254. The molecule has 0 radical (unpaired) electrons. The van der Waals surface area contributed by atoms with Gasteiger partial charge in [0, 0.05) is 32.7 Å². The average Bonchev–Trinajstić information content (AvgIpc) is 2.82. The second kappa shape index (κ2) is 12.7. The number of aromatic hydroxyl groups is 1. The molecule has 2 aromatic rings. The van der Waals surface area contributed by atoms with Gasteiger partial charge in [-0.3, -0.25) is 19.2 Å². The average molecular weight is 549 g/mol. The first-order chi connectivity index (χ1) is 17.9. The van der Waals surface area contributed by atoms with E-state index in [2.05, 4.69) is 0 Å². The molecule has 0 bridgehead atoms. The molecule has 0 amide bonds. The zero-order valence-corrected chi connectivity index (χ0v) is 22.1. The van der Waals surface area contributed by atoms with Crippen LogP contribution in [0.15, 0.2) is 42.5 Å². The molecular formula is C27H29ClO10. The van der Waals surface area contributed by atoms with Crippen molar-refractivity contribution in [1.82, 2.24) is 0 Å². The lowest BCUT2D eigenvalue weighted by atomic mass is 9.89. The summed E-state index contributed by atoms with van der Waals surface area (Å²) in [5.74, 6) is -2.56. The third-order valence-corrected chi connectivity index (χ3v) is 6.09. The van der Waals surface area contributed by atoms with Gasteiger partial charge in [-0.1, -0.05) is 35.9 Å². The Hall–Kier alpha value is -3.63. The Morgan fingerprint density at radius 3 is 1.97 bits per heavy atom. The summed E-state index contributed by atoms with van der Waals surface area (Å²) in [6, 6.07) is 11.7. The number of phenolic OH excluding ortho intramolecular Hbond substituents is 1. The molecule has 5 atom stereocenters. The van der Waals surface area contributed by atoms with E-state index in [4.69, 9.17) is 35.3 Å². The van der Waals surface area contributed by atoms with Gasteiger partial charge < -0.3 is 28.8 Å². The second-order valence-electron chi connectivity index (χ2n) is 8.81. The van der Waals surface area contributed by atoms with Crippen molar-refractivity contribution in [3.63, 3.8) is 0 Å². The lowest BCUT2D eigenvalue weighted by Crippen LogP contribution is -2.59. The molecule has 204 valence electrons. The fraction of sp³-hybridized carbons (Fsp3) is 0.407. The van der Waals surface area contributed by atoms with Crippen molar-refractivity contribution in [2.24, 2.45) is 0 Å². The molecule has 11 heteroatoms. The summed E-state index contributed by atoms with van der Waals surface area (Å²) < 4.78 is 27.8. The number of carbonyl (C=O) groups is 4. The number of benzene rings is 2. The van der Waals surface area contributed by atoms with Crippen LogP contribution in [0.3, 0.4) is 0 Å². The first-order valence-electron chi connectivity index (χ1n) is 11.8. The molecule has 1 saturated heterocycles. The van der Waals surface area contributed by atoms with Crippen molar-refractivity contribution in [2.75, 3.05) is 6.61 Å². The Morgan fingerprint density at radius 2 is 1.39 bits per heavy atom. The molecule has 1 unspecified atom stereocenters. The van der Waals surface area contributed by atoms with Gasteiger partial charge in [-0.25, -0.2) is 0 Å². The van der Waals surface area contributed by atoms with Crippen molar-refractivity contribution in [3.05, 3.63) is 64.2 Å². The van der Waals surface area contributed by atoms with E-state index >= 15 is 0 Å². The highest BCUT2D eigenvalue weighted by atomic mass is 35.5. The molecule has 2 aromatic carbocycles. The van der Waals surface area contributed by atoms with Gasteiger partial charge in [-0.05, 0) is 41.3 Å². The molecule has 10 nitrogen and oxygen atoms in total. The Bertz CT molecular complexity index is 1180. The molecule has 1 aliphatic rings. The van der Waals surface area contributed by atoms with E-state index in [9.17, 15) is 24.3 Å². The van der Waals surface area contributed by atoms with Crippen LogP contribution in [0.2, 0.25) is 5.02 Å². The monoisotopic (exact) mass is 548 g/mol. The number of ether oxygens (including phenoxy) is 5. The minimum Gasteiger partial charge on any atom is -0.508 e. The highest BCUT2D eigenvalue weighted by Crippen LogP contribution is 2.39. The Balaban J connectivity index is 2.06. The van der Waals surface area contributed by atoms with Crippen LogP contribution in [-0.4, -0.2) is 60.0 Å². The highest BCUT2D eigenvalue weighted by Gasteiger charge is 2.52. The van der Waals surface area contributed by atoms with E-state index in [0.29, 0.717) is 22.6 Å². The van der Waals surface area contributed by atoms with Gasteiger partial charge in [0.15, 0.2) is 18.3 Å². The molecule has 3 rings (SSSR count). The normalized spacial score (nSPS) is 22.7. The zero-order chi connectivity index (χ0) is 28.0. The van der Waals surface area contributed by atoms with Crippen molar-refractivity contribution >= 4 is 35.5 Å². The number of halogens is 1. The van der Waals surface area contributed by atoms with Crippen molar-refractivity contribution in [2.45, 2.75) is 64.6 Å². The molecule has 1 aliphatic heterocycles. The maximum absolute atomic E-state index is 12.1. The third-order valence-electron chi connectivity index (χ3n) is 5.72. The van der Waals surface area contributed by atoms with E-state index < -0.39 is 54.4 Å². The summed E-state index contributed by atoms with van der Waals surface area (Å²) in [5.41, 5.74) is 2.12. The summed E-state index contributed by atoms with van der Waals surface area (Å²) in [6.07, 6.45) is -5.36. The van der Waals surface area contributed by atoms with Gasteiger partial charge in [0.25, 0.3) is 0 Å². The Morgan fingerprint density at radius 1 is 0.816 bits per heavy atom. The fourth-order valence-electron chi connectivity index (χ4n) is 4.24. The summed E-state index contributed by atoms with van der Waals surface area (Å²) >= 11 is 6.47. The standard InChI is InChI=1S/C27H29ClO10/c1-14(29)34-13-23-25(35-15(2)30)27(37-17(4)32)26(36-16(3)31)24(38-23)19-7-10-22(28)20(12-19)11-18-5-8-21(33)9-6-18/h5-10,12,23-27,33H,11,13H2,1-4H3/t23-,24?,25-,26+,27+/m1/s1. The van der Waals surface area contributed by atoms with Crippen molar-refractivity contribution < 1.29 is 48.0 Å². The van der Waals surface area contributed by atoms with Gasteiger partial charge in [-0.2, -0.15) is 0 Å². The maximum atomic E-state index is 12.1. The number of hydrogen-bond donors (Lipinski definition) is 1. The predicted octanol–water partition coefficient (Wildman–Crippen LogP) is 3.43. The minimum absolute atomic E-state index is 0.131. The number of rotatable bonds is 8. The highest BCUT2D eigenvalue weighted by molar-refractivity contribution is 6.31. The number of carbonyl (C=O) groups excluding carboxylic acids is 4. The van der Waals surface area contributed by atoms with E-state index in [1.807, 2.05) is 0 Å². The molecule has 0 aromatic heterocycles. The van der Waals surface area contributed by atoms with E-state index in [1.165, 1.54) is 20.8 Å². The first kappa shape index (κ1) is 28.9. The SMILES string of the molecule is CC(=O)OC[C@H]1OC(c2ccc(Cl)c(Cc3ccc(O)cc3)c2)[C@H](OC(C)=O)[C@@H](OC(C)=O)[C@@H]1OC(C)=O. The van der Waals surface area contributed by atoms with Crippen LogP contribution in [0.1, 0.15) is 50.5 Å². The molecular weight excluding hydrogens is 520 g/mol. The minimum atomic E-state index is -1.27. The molecule has 1 fully saturated rings. The van der Waals surface area contributed by atoms with E-state index in [0.717, 1.165) is 12.5 Å². The predicted molar refractivity (Wildman–Crippen MR) is 133 cm³/mol. The number of phenols is 1. The van der Waals surface area contributed by atoms with Crippen LogP contribution in [0.25, 0.3) is 0 Å². The zero-order valence-electron chi connectivity index (χ0n) is 21.3. The van der Waals surface area contributed by atoms with Crippen LogP contribution >= 0.6 is 11.6 Å². The fourth-order valence-corrected chi connectivity index (χ4v) is 4.42. The summed E-state index contributed by atoms with van der Waals surface area (Å²) in [4.78, 5) is 47.6. The number of esters is 4. The summed E-state index contributed by atoms with van der Waals surface area (Å²) in [7, 11) is 0. The van der Waals surface area contributed by atoms with Crippen LogP contribution in [-0.2, 0) is 49.3 Å². The topological polar surface area (TPSA) is 135 Å². The summed E-state index contributed by atoms with van der Waals surface area (Å²) in [6.45, 7) is 4.41. The van der Waals surface area contributed by atoms with Crippen LogP contribution in [0, 0.1) is 0 Å². The van der Waals surface area contributed by atoms with Crippen LogP contribution < -0.4 is 0 Å². The van der Waals surface area contributed by atoms with Gasteiger partial charge in [0.2, 0.25) is 0 Å². The lowest BCUT2D eigenvalue weighted by Gasteiger charge is -2.44. The smallest absolute Gasteiger partial charge is 0.303 e. The molecule has 38 heavy (non-hydrogen) atoms. The quantitative estimate of drug-likeness (QED) is 0.386.